The molecule has 0 saturated heterocycles. The summed E-state index contributed by atoms with van der Waals surface area (Å²) in [4.78, 5) is 16.0. The lowest BCUT2D eigenvalue weighted by Crippen LogP contribution is -2.23. The van der Waals surface area contributed by atoms with E-state index in [4.69, 9.17) is 9.47 Å². The maximum absolute atomic E-state index is 12.0. The van der Waals surface area contributed by atoms with Crippen LogP contribution in [0.3, 0.4) is 0 Å². The molecule has 144 valence electrons. The highest BCUT2D eigenvalue weighted by Crippen LogP contribution is 2.28. The summed E-state index contributed by atoms with van der Waals surface area (Å²) in [5.74, 6) is 1.28. The molecule has 0 saturated carbocycles. The fourth-order valence-corrected chi connectivity index (χ4v) is 2.55. The van der Waals surface area contributed by atoms with Crippen LogP contribution < -0.4 is 14.8 Å². The molecule has 0 unspecified atom stereocenters. The van der Waals surface area contributed by atoms with Crippen molar-refractivity contribution in [2.75, 3.05) is 20.3 Å². The van der Waals surface area contributed by atoms with E-state index in [2.05, 4.69) is 17.2 Å². The highest BCUT2D eigenvalue weighted by molar-refractivity contribution is 5.91. The Labute approximate surface area is 161 Å². The minimum absolute atomic E-state index is 0.120. The third-order valence-corrected chi connectivity index (χ3v) is 4.08. The zero-order chi connectivity index (χ0) is 19.3. The van der Waals surface area contributed by atoms with E-state index in [0.29, 0.717) is 24.7 Å². The number of carbonyl (C=O) groups is 1. The third-order valence-electron chi connectivity index (χ3n) is 4.08. The number of unbranched alkanes of at least 4 members (excludes halogenated alkanes) is 2. The number of benzene rings is 1. The number of nitrogens with one attached hydrogen (secondary N) is 1. The number of carbonyl (C=O) groups excluding carboxylic acids is 1. The normalized spacial score (nSPS) is 10.7. The number of methoxy groups -OCH3 is 1. The summed E-state index contributed by atoms with van der Waals surface area (Å²) in [6.07, 6.45) is 10.9. The van der Waals surface area contributed by atoms with Crippen LogP contribution in [-0.4, -0.2) is 31.2 Å². The minimum Gasteiger partial charge on any atom is -0.493 e. The van der Waals surface area contributed by atoms with Crippen molar-refractivity contribution in [3.63, 3.8) is 0 Å². The Morgan fingerprint density at radius 3 is 2.70 bits per heavy atom. The van der Waals surface area contributed by atoms with E-state index in [1.54, 1.807) is 25.6 Å². The van der Waals surface area contributed by atoms with Crippen LogP contribution in [0.25, 0.3) is 6.08 Å². The van der Waals surface area contributed by atoms with Crippen LogP contribution in [0.5, 0.6) is 11.5 Å². The van der Waals surface area contributed by atoms with Crippen molar-refractivity contribution in [3.8, 4) is 11.5 Å². The molecule has 0 atom stereocenters. The average molecular weight is 368 g/mol. The molecule has 0 aliphatic carbocycles. The van der Waals surface area contributed by atoms with Gasteiger partial charge in [0, 0.05) is 25.0 Å². The maximum Gasteiger partial charge on any atom is 0.244 e. The number of aromatic nitrogens is 1. The van der Waals surface area contributed by atoms with Gasteiger partial charge in [0.25, 0.3) is 0 Å². The van der Waals surface area contributed by atoms with Crippen LogP contribution in [-0.2, 0) is 11.2 Å². The van der Waals surface area contributed by atoms with E-state index < -0.39 is 0 Å². The van der Waals surface area contributed by atoms with Gasteiger partial charge in [0.2, 0.25) is 5.91 Å². The average Bonchev–Trinajstić information content (AvgIpc) is 2.70. The smallest absolute Gasteiger partial charge is 0.244 e. The highest BCUT2D eigenvalue weighted by Gasteiger charge is 2.05. The van der Waals surface area contributed by atoms with Crippen LogP contribution in [0.1, 0.15) is 37.3 Å². The van der Waals surface area contributed by atoms with Gasteiger partial charge >= 0.3 is 0 Å². The van der Waals surface area contributed by atoms with Crippen LogP contribution >= 0.6 is 0 Å². The number of pyridine rings is 1. The Morgan fingerprint density at radius 1 is 1.15 bits per heavy atom. The number of amides is 1. The van der Waals surface area contributed by atoms with Crippen molar-refractivity contribution in [2.24, 2.45) is 0 Å². The first-order valence-electron chi connectivity index (χ1n) is 9.38. The van der Waals surface area contributed by atoms with Gasteiger partial charge < -0.3 is 14.8 Å². The van der Waals surface area contributed by atoms with Gasteiger partial charge in [-0.3, -0.25) is 9.78 Å². The van der Waals surface area contributed by atoms with Gasteiger partial charge in [-0.25, -0.2) is 0 Å². The molecule has 0 aliphatic heterocycles. The van der Waals surface area contributed by atoms with Gasteiger partial charge in [0.1, 0.15) is 0 Å². The van der Waals surface area contributed by atoms with Crippen molar-refractivity contribution in [1.82, 2.24) is 10.3 Å². The predicted molar refractivity (Wildman–Crippen MR) is 108 cm³/mol. The van der Waals surface area contributed by atoms with Crippen molar-refractivity contribution in [3.05, 3.63) is 59.9 Å². The predicted octanol–water partition coefficient (Wildman–Crippen LogP) is 4.03. The van der Waals surface area contributed by atoms with Crippen LogP contribution in [0, 0.1) is 0 Å². The van der Waals surface area contributed by atoms with Gasteiger partial charge in [-0.15, -0.1) is 0 Å². The molecule has 1 heterocycles. The van der Waals surface area contributed by atoms with Gasteiger partial charge in [0.15, 0.2) is 11.5 Å². The SMILES string of the molecule is CCCCCOc1cc(C=CC(=O)NCCc2ccncc2)ccc1OC. The number of rotatable bonds is 11. The summed E-state index contributed by atoms with van der Waals surface area (Å²) in [5.41, 5.74) is 2.04. The summed E-state index contributed by atoms with van der Waals surface area (Å²) in [6, 6.07) is 9.54. The molecule has 1 amide bonds. The van der Waals surface area contributed by atoms with E-state index in [0.717, 1.165) is 36.8 Å². The van der Waals surface area contributed by atoms with E-state index in [9.17, 15) is 4.79 Å². The summed E-state index contributed by atoms with van der Waals surface area (Å²) >= 11 is 0. The second-order valence-corrected chi connectivity index (χ2v) is 6.20. The Bertz CT molecular complexity index is 730. The second kappa shape index (κ2) is 11.7. The molecule has 5 heteroatoms. The quantitative estimate of drug-likeness (QED) is 0.480. The number of ether oxygens (including phenoxy) is 2. The summed E-state index contributed by atoms with van der Waals surface area (Å²) in [6.45, 7) is 3.41. The molecule has 0 spiro atoms. The Hall–Kier alpha value is -2.82. The molecule has 2 rings (SSSR count). The molecular weight excluding hydrogens is 340 g/mol. The molecular formula is C22H28N2O3. The standard InChI is InChI=1S/C22H28N2O3/c1-3-4-5-16-27-21-17-19(6-8-20(21)26-2)7-9-22(25)24-15-12-18-10-13-23-14-11-18/h6-11,13-14,17H,3-5,12,15-16H2,1-2H3,(H,24,25). The first-order valence-corrected chi connectivity index (χ1v) is 9.38. The van der Waals surface area contributed by atoms with Crippen LogP contribution in [0.4, 0.5) is 0 Å². The maximum atomic E-state index is 12.0. The molecule has 2 aromatic rings. The molecule has 1 N–H and O–H groups in total. The van der Waals surface area contributed by atoms with E-state index in [-0.39, 0.29) is 5.91 Å². The molecule has 5 nitrogen and oxygen atoms in total. The lowest BCUT2D eigenvalue weighted by Gasteiger charge is -2.11. The fraction of sp³-hybridized carbons (Fsp3) is 0.364. The number of hydrogen-bond acceptors (Lipinski definition) is 4. The first-order chi connectivity index (χ1) is 13.2. The highest BCUT2D eigenvalue weighted by atomic mass is 16.5. The summed E-state index contributed by atoms with van der Waals surface area (Å²) in [7, 11) is 1.62. The van der Waals surface area contributed by atoms with Crippen molar-refractivity contribution in [1.29, 1.82) is 0 Å². The van der Waals surface area contributed by atoms with Crippen molar-refractivity contribution < 1.29 is 14.3 Å². The molecule has 0 aliphatic rings. The van der Waals surface area contributed by atoms with Crippen molar-refractivity contribution in [2.45, 2.75) is 32.6 Å². The molecule has 27 heavy (non-hydrogen) atoms. The first kappa shape index (κ1) is 20.5. The lowest BCUT2D eigenvalue weighted by atomic mass is 10.2. The van der Waals surface area contributed by atoms with E-state index in [1.165, 1.54) is 6.08 Å². The topological polar surface area (TPSA) is 60.5 Å². The summed E-state index contributed by atoms with van der Waals surface area (Å²) in [5, 5.41) is 2.88. The number of nitrogens with zero attached hydrogens (tertiary/aromatic N) is 1. The Kier molecular flexibility index (Phi) is 8.90. The minimum atomic E-state index is -0.120. The molecule has 0 fully saturated rings. The second-order valence-electron chi connectivity index (χ2n) is 6.20. The molecule has 1 aromatic heterocycles. The zero-order valence-electron chi connectivity index (χ0n) is 16.1. The van der Waals surface area contributed by atoms with Gasteiger partial charge in [-0.2, -0.15) is 0 Å². The van der Waals surface area contributed by atoms with Gasteiger partial charge in [0.05, 0.1) is 13.7 Å². The van der Waals surface area contributed by atoms with Gasteiger partial charge in [-0.05, 0) is 54.3 Å². The van der Waals surface area contributed by atoms with E-state index >= 15 is 0 Å². The molecule has 0 bridgehead atoms. The van der Waals surface area contributed by atoms with E-state index in [1.807, 2.05) is 30.3 Å². The van der Waals surface area contributed by atoms with Gasteiger partial charge in [-0.1, -0.05) is 25.8 Å². The lowest BCUT2D eigenvalue weighted by molar-refractivity contribution is -0.116. The summed E-state index contributed by atoms with van der Waals surface area (Å²) < 4.78 is 11.2. The molecule has 1 aromatic carbocycles. The monoisotopic (exact) mass is 368 g/mol. The third kappa shape index (κ3) is 7.52. The fourth-order valence-electron chi connectivity index (χ4n) is 2.55. The Morgan fingerprint density at radius 2 is 1.96 bits per heavy atom. The van der Waals surface area contributed by atoms with Crippen LogP contribution in [0.15, 0.2) is 48.8 Å². The number of hydrogen-bond donors (Lipinski definition) is 1. The molecule has 0 radical (unpaired) electrons. The van der Waals surface area contributed by atoms with Crippen molar-refractivity contribution >= 4 is 12.0 Å². The van der Waals surface area contributed by atoms with Crippen LogP contribution in [0.2, 0.25) is 0 Å². The zero-order valence-corrected chi connectivity index (χ0v) is 16.1. The Balaban J connectivity index is 1.86. The largest absolute Gasteiger partial charge is 0.493 e.